The summed E-state index contributed by atoms with van der Waals surface area (Å²) in [5.41, 5.74) is -0.0165. The number of carbonyl (C=O) groups is 2. The van der Waals surface area contributed by atoms with Crippen molar-refractivity contribution in [3.05, 3.63) is 82.9 Å². The molecular weight excluding hydrogens is 525 g/mol. The van der Waals surface area contributed by atoms with Crippen LogP contribution in [0.4, 0.5) is 29.3 Å². The quantitative estimate of drug-likeness (QED) is 0.250. The minimum Gasteiger partial charge on any atom is -0.497 e. The number of nitrogens with one attached hydrogen (secondary N) is 3. The first-order valence-electron chi connectivity index (χ1n) is 11.0. The third kappa shape index (κ3) is 6.06. The predicted molar refractivity (Wildman–Crippen MR) is 137 cm³/mol. The lowest BCUT2D eigenvalue weighted by Crippen LogP contribution is -2.20. The lowest BCUT2D eigenvalue weighted by molar-refractivity contribution is -0.137. The van der Waals surface area contributed by atoms with Crippen LogP contribution in [0.15, 0.2) is 66.7 Å². The van der Waals surface area contributed by atoms with E-state index in [1.807, 2.05) is 0 Å². The van der Waals surface area contributed by atoms with Gasteiger partial charge in [-0.05, 0) is 66.7 Å². The molecule has 0 aliphatic rings. The fraction of sp³-hybridized carbons (Fsp3) is 0.115. The Morgan fingerprint density at radius 3 is 2.21 bits per heavy atom. The molecule has 4 rings (SSSR count). The van der Waals surface area contributed by atoms with E-state index in [4.69, 9.17) is 21.1 Å². The summed E-state index contributed by atoms with van der Waals surface area (Å²) in [6.45, 7) is 0. The Kier molecular flexibility index (Phi) is 7.58. The standard InChI is InChI=1S/C26H20ClF3N4O4/c1-31-23(35)19-12-14-11-18(37-2)8-10-22(14)34-24(19)38-17-6-3-15(4-7-17)32-25(36)33-16-5-9-21(27)20(13-16)26(28,29)30/h3-13H,1-2H3,(H,31,35)(H2,32,33,36). The number of aromatic nitrogens is 1. The van der Waals surface area contributed by atoms with E-state index in [-0.39, 0.29) is 17.1 Å². The second-order valence-electron chi connectivity index (χ2n) is 7.88. The fourth-order valence-corrected chi connectivity index (χ4v) is 3.70. The lowest BCUT2D eigenvalue weighted by atomic mass is 10.1. The number of nitrogens with zero attached hydrogens (tertiary/aromatic N) is 1. The average molecular weight is 545 g/mol. The first-order valence-corrected chi connectivity index (χ1v) is 11.4. The van der Waals surface area contributed by atoms with Gasteiger partial charge in [0.15, 0.2) is 0 Å². The van der Waals surface area contributed by atoms with E-state index in [1.54, 1.807) is 24.3 Å². The van der Waals surface area contributed by atoms with E-state index < -0.39 is 28.7 Å². The zero-order valence-electron chi connectivity index (χ0n) is 19.9. The minimum absolute atomic E-state index is 0.0728. The summed E-state index contributed by atoms with van der Waals surface area (Å²) in [5, 5.41) is 7.61. The molecule has 12 heteroatoms. The summed E-state index contributed by atoms with van der Waals surface area (Å²) in [5.74, 6) is 0.612. The van der Waals surface area contributed by atoms with Gasteiger partial charge in [-0.2, -0.15) is 13.2 Å². The molecule has 3 N–H and O–H groups in total. The summed E-state index contributed by atoms with van der Waals surface area (Å²) in [6.07, 6.45) is -4.66. The molecule has 0 unspecified atom stereocenters. The van der Waals surface area contributed by atoms with E-state index in [9.17, 15) is 22.8 Å². The molecule has 0 saturated carbocycles. The number of halogens is 4. The van der Waals surface area contributed by atoms with E-state index in [1.165, 1.54) is 44.5 Å². The summed E-state index contributed by atoms with van der Waals surface area (Å²) in [4.78, 5) is 29.2. The highest BCUT2D eigenvalue weighted by molar-refractivity contribution is 6.31. The maximum atomic E-state index is 13.0. The van der Waals surface area contributed by atoms with Gasteiger partial charge in [-0.25, -0.2) is 9.78 Å². The number of anilines is 2. The molecule has 0 aliphatic carbocycles. The molecule has 3 amide bonds. The molecule has 0 fully saturated rings. The number of alkyl halides is 3. The Hall–Kier alpha value is -4.51. The summed E-state index contributed by atoms with van der Waals surface area (Å²) >= 11 is 5.60. The zero-order valence-corrected chi connectivity index (χ0v) is 20.7. The van der Waals surface area contributed by atoms with E-state index in [0.717, 1.165) is 12.1 Å². The van der Waals surface area contributed by atoms with E-state index in [0.29, 0.717) is 28.1 Å². The maximum absolute atomic E-state index is 13.0. The summed E-state index contributed by atoms with van der Waals surface area (Å²) in [7, 11) is 3.02. The van der Waals surface area contributed by atoms with Crippen LogP contribution >= 0.6 is 11.6 Å². The van der Waals surface area contributed by atoms with Crippen LogP contribution in [0.1, 0.15) is 15.9 Å². The van der Waals surface area contributed by atoms with Crippen molar-refractivity contribution in [3.63, 3.8) is 0 Å². The molecule has 1 heterocycles. The van der Waals surface area contributed by atoms with Gasteiger partial charge in [0.1, 0.15) is 17.1 Å². The van der Waals surface area contributed by atoms with Crippen molar-refractivity contribution in [1.82, 2.24) is 10.3 Å². The summed E-state index contributed by atoms with van der Waals surface area (Å²) in [6, 6.07) is 15.3. The molecule has 0 atom stereocenters. The van der Waals surface area contributed by atoms with E-state index in [2.05, 4.69) is 20.9 Å². The van der Waals surface area contributed by atoms with Crippen LogP contribution in [0, 0.1) is 0 Å². The third-order valence-electron chi connectivity index (χ3n) is 5.31. The largest absolute Gasteiger partial charge is 0.497 e. The highest BCUT2D eigenvalue weighted by atomic mass is 35.5. The van der Waals surface area contributed by atoms with Crippen molar-refractivity contribution in [2.75, 3.05) is 24.8 Å². The molecular formula is C26H20ClF3N4O4. The molecule has 0 radical (unpaired) electrons. The van der Waals surface area contributed by atoms with Crippen molar-refractivity contribution < 1.29 is 32.2 Å². The molecule has 4 aromatic rings. The first-order chi connectivity index (χ1) is 18.1. The second kappa shape index (κ2) is 10.9. The van der Waals surface area contributed by atoms with Crippen molar-refractivity contribution in [1.29, 1.82) is 0 Å². The van der Waals surface area contributed by atoms with Gasteiger partial charge < -0.3 is 25.4 Å². The van der Waals surface area contributed by atoms with Gasteiger partial charge in [0, 0.05) is 23.8 Å². The second-order valence-corrected chi connectivity index (χ2v) is 8.28. The number of rotatable bonds is 6. The Morgan fingerprint density at radius 1 is 0.895 bits per heavy atom. The molecule has 3 aromatic carbocycles. The van der Waals surface area contributed by atoms with Crippen molar-refractivity contribution in [2.24, 2.45) is 0 Å². The highest BCUT2D eigenvalue weighted by Gasteiger charge is 2.33. The number of carbonyl (C=O) groups excluding carboxylic acids is 2. The van der Waals surface area contributed by atoms with Crippen LogP contribution in [0.2, 0.25) is 5.02 Å². The van der Waals surface area contributed by atoms with E-state index >= 15 is 0 Å². The molecule has 0 saturated heterocycles. The molecule has 0 spiro atoms. The Bertz CT molecular complexity index is 1510. The number of pyridine rings is 1. The van der Waals surface area contributed by atoms with Crippen molar-refractivity contribution in [3.8, 4) is 17.4 Å². The number of ether oxygens (including phenoxy) is 2. The van der Waals surface area contributed by atoms with Gasteiger partial charge in [-0.3, -0.25) is 4.79 Å². The van der Waals surface area contributed by atoms with Gasteiger partial charge in [0.25, 0.3) is 5.91 Å². The monoisotopic (exact) mass is 544 g/mol. The molecule has 1 aromatic heterocycles. The topological polar surface area (TPSA) is 102 Å². The van der Waals surface area contributed by atoms with Gasteiger partial charge in [0.2, 0.25) is 5.88 Å². The van der Waals surface area contributed by atoms with Gasteiger partial charge >= 0.3 is 12.2 Å². The van der Waals surface area contributed by atoms with Crippen LogP contribution in [-0.2, 0) is 6.18 Å². The first kappa shape index (κ1) is 26.6. The number of methoxy groups -OCH3 is 1. The van der Waals surface area contributed by atoms with Crippen LogP contribution < -0.4 is 25.4 Å². The minimum atomic E-state index is -4.66. The number of urea groups is 1. The number of hydrogen-bond acceptors (Lipinski definition) is 5. The SMILES string of the molecule is CNC(=O)c1cc2cc(OC)ccc2nc1Oc1ccc(NC(=O)Nc2ccc(Cl)c(C(F)(F)F)c2)cc1. The summed E-state index contributed by atoms with van der Waals surface area (Å²) < 4.78 is 50.2. The van der Waals surface area contributed by atoms with Crippen LogP contribution in [-0.4, -0.2) is 31.1 Å². The molecule has 0 aliphatic heterocycles. The number of amides is 3. The third-order valence-corrected chi connectivity index (χ3v) is 5.64. The maximum Gasteiger partial charge on any atom is 0.417 e. The van der Waals surface area contributed by atoms with Gasteiger partial charge in [0.05, 0.1) is 23.2 Å². The molecule has 196 valence electrons. The molecule has 8 nitrogen and oxygen atoms in total. The fourth-order valence-electron chi connectivity index (χ4n) is 3.47. The lowest BCUT2D eigenvalue weighted by Gasteiger charge is -2.13. The van der Waals surface area contributed by atoms with Crippen LogP contribution in [0.5, 0.6) is 17.4 Å². The van der Waals surface area contributed by atoms with Crippen molar-refractivity contribution >= 4 is 45.8 Å². The van der Waals surface area contributed by atoms with Gasteiger partial charge in [-0.1, -0.05) is 11.6 Å². The van der Waals surface area contributed by atoms with Crippen LogP contribution in [0.25, 0.3) is 10.9 Å². The number of benzene rings is 3. The van der Waals surface area contributed by atoms with Gasteiger partial charge in [-0.15, -0.1) is 0 Å². The normalized spacial score (nSPS) is 11.1. The Balaban J connectivity index is 1.49. The molecule has 0 bridgehead atoms. The zero-order chi connectivity index (χ0) is 27.4. The smallest absolute Gasteiger partial charge is 0.417 e. The van der Waals surface area contributed by atoms with Crippen molar-refractivity contribution in [2.45, 2.75) is 6.18 Å². The predicted octanol–water partition coefficient (Wildman–Crippen LogP) is 6.71. The molecule has 38 heavy (non-hydrogen) atoms. The Morgan fingerprint density at radius 2 is 1.55 bits per heavy atom. The van der Waals surface area contributed by atoms with Crippen LogP contribution in [0.3, 0.4) is 0 Å². The number of fused-ring (bicyclic) bond motifs is 1. The number of hydrogen-bond donors (Lipinski definition) is 3. The Labute approximate surface area is 219 Å². The highest BCUT2D eigenvalue weighted by Crippen LogP contribution is 2.36. The average Bonchev–Trinajstić information content (AvgIpc) is 2.89.